The summed E-state index contributed by atoms with van der Waals surface area (Å²) in [5.74, 6) is 0. The molecule has 0 bridgehead atoms. The number of rotatable bonds is 3. The molecule has 1 aromatic carbocycles. The summed E-state index contributed by atoms with van der Waals surface area (Å²) in [6, 6.07) is 6.78. The lowest BCUT2D eigenvalue weighted by molar-refractivity contribution is -0.384. The molecule has 1 heterocycles. The van der Waals surface area contributed by atoms with Gasteiger partial charge in [0.05, 0.1) is 10.4 Å². The summed E-state index contributed by atoms with van der Waals surface area (Å²) in [5, 5.41) is 11.7. The standard InChI is InChI=1S/C12H11ClN2O2/c1-9(7-13)8-14-5-4-10-2-3-11(15(16)17)6-12(10)14/h2-7H,8H2,1H3/b9-7-. The third-order valence-electron chi connectivity index (χ3n) is 2.57. The SMILES string of the molecule is C/C(=C/Cl)Cn1ccc2ccc([N+](=O)[O-])cc21. The van der Waals surface area contributed by atoms with E-state index in [2.05, 4.69) is 0 Å². The lowest BCUT2D eigenvalue weighted by Crippen LogP contribution is -1.97. The monoisotopic (exact) mass is 250 g/mol. The van der Waals surface area contributed by atoms with Crippen LogP contribution in [0.2, 0.25) is 0 Å². The van der Waals surface area contributed by atoms with Crippen molar-refractivity contribution in [2.45, 2.75) is 13.5 Å². The molecule has 0 aliphatic heterocycles. The van der Waals surface area contributed by atoms with E-state index >= 15 is 0 Å². The van der Waals surface area contributed by atoms with Gasteiger partial charge in [0.25, 0.3) is 5.69 Å². The van der Waals surface area contributed by atoms with Crippen LogP contribution in [-0.4, -0.2) is 9.49 Å². The number of nitro groups is 1. The van der Waals surface area contributed by atoms with Crippen molar-refractivity contribution in [3.63, 3.8) is 0 Å². The fourth-order valence-corrected chi connectivity index (χ4v) is 1.80. The number of aromatic nitrogens is 1. The molecule has 0 unspecified atom stereocenters. The first-order chi connectivity index (χ1) is 8.11. The predicted molar refractivity (Wildman–Crippen MR) is 68.2 cm³/mol. The molecule has 0 radical (unpaired) electrons. The summed E-state index contributed by atoms with van der Waals surface area (Å²) in [4.78, 5) is 10.3. The van der Waals surface area contributed by atoms with Gasteiger partial charge in [-0.05, 0) is 24.6 Å². The van der Waals surface area contributed by atoms with Gasteiger partial charge in [0, 0.05) is 35.8 Å². The second-order valence-corrected chi connectivity index (χ2v) is 4.12. The van der Waals surface area contributed by atoms with Gasteiger partial charge >= 0.3 is 0 Å². The number of nitrogens with zero attached hydrogens (tertiary/aromatic N) is 2. The number of halogens is 1. The van der Waals surface area contributed by atoms with Gasteiger partial charge in [0.15, 0.2) is 0 Å². The summed E-state index contributed by atoms with van der Waals surface area (Å²) in [7, 11) is 0. The highest BCUT2D eigenvalue weighted by molar-refractivity contribution is 6.25. The Hall–Kier alpha value is -1.81. The van der Waals surface area contributed by atoms with Crippen molar-refractivity contribution in [3.8, 4) is 0 Å². The van der Waals surface area contributed by atoms with Gasteiger partial charge in [0.1, 0.15) is 0 Å². The Balaban J connectivity index is 2.50. The fourth-order valence-electron chi connectivity index (χ4n) is 1.73. The van der Waals surface area contributed by atoms with Crippen LogP contribution < -0.4 is 0 Å². The van der Waals surface area contributed by atoms with E-state index in [1.54, 1.807) is 12.1 Å². The Labute approximate surface area is 103 Å². The number of benzene rings is 1. The highest BCUT2D eigenvalue weighted by Crippen LogP contribution is 2.22. The van der Waals surface area contributed by atoms with Crippen LogP contribution in [0.4, 0.5) is 5.69 Å². The third kappa shape index (κ3) is 2.31. The van der Waals surface area contributed by atoms with Gasteiger partial charge in [-0.25, -0.2) is 0 Å². The molecule has 0 fully saturated rings. The quantitative estimate of drug-likeness (QED) is 0.616. The van der Waals surface area contributed by atoms with E-state index in [0.29, 0.717) is 6.54 Å². The number of nitro benzene ring substituents is 1. The van der Waals surface area contributed by atoms with Crippen LogP contribution in [0.5, 0.6) is 0 Å². The van der Waals surface area contributed by atoms with Crippen molar-refractivity contribution >= 4 is 28.2 Å². The smallest absolute Gasteiger partial charge is 0.271 e. The van der Waals surface area contributed by atoms with Crippen LogP contribution in [0.15, 0.2) is 41.6 Å². The summed E-state index contributed by atoms with van der Waals surface area (Å²) in [6.07, 6.45) is 1.90. The lowest BCUT2D eigenvalue weighted by atomic mass is 10.2. The minimum atomic E-state index is -0.388. The molecule has 0 aliphatic rings. The normalized spacial score (nSPS) is 12.0. The van der Waals surface area contributed by atoms with Crippen molar-refractivity contribution in [1.82, 2.24) is 4.57 Å². The van der Waals surface area contributed by atoms with Crippen molar-refractivity contribution in [1.29, 1.82) is 0 Å². The molecule has 0 spiro atoms. The number of allylic oxidation sites excluding steroid dienone is 1. The van der Waals surface area contributed by atoms with Gasteiger partial charge in [-0.3, -0.25) is 10.1 Å². The van der Waals surface area contributed by atoms with E-state index in [-0.39, 0.29) is 10.6 Å². The molecule has 17 heavy (non-hydrogen) atoms. The highest BCUT2D eigenvalue weighted by atomic mass is 35.5. The molecule has 2 aromatic rings. The van der Waals surface area contributed by atoms with Gasteiger partial charge in [-0.15, -0.1) is 0 Å². The number of non-ortho nitro benzene ring substituents is 1. The largest absolute Gasteiger partial charge is 0.343 e. The summed E-state index contributed by atoms with van der Waals surface area (Å²) >= 11 is 5.62. The van der Waals surface area contributed by atoms with Crippen LogP contribution in [0, 0.1) is 10.1 Å². The predicted octanol–water partition coefficient (Wildman–Crippen LogP) is 3.69. The zero-order valence-corrected chi connectivity index (χ0v) is 10.0. The average Bonchev–Trinajstić information content (AvgIpc) is 2.71. The molecular formula is C12H11ClN2O2. The van der Waals surface area contributed by atoms with E-state index in [0.717, 1.165) is 16.5 Å². The zero-order valence-electron chi connectivity index (χ0n) is 9.26. The van der Waals surface area contributed by atoms with Crippen LogP contribution in [0.25, 0.3) is 10.9 Å². The second kappa shape index (κ2) is 4.59. The van der Waals surface area contributed by atoms with E-state index in [1.165, 1.54) is 11.6 Å². The first kappa shape index (κ1) is 11.7. The average molecular weight is 251 g/mol. The Morgan fingerprint density at radius 2 is 2.29 bits per heavy atom. The number of fused-ring (bicyclic) bond motifs is 1. The summed E-state index contributed by atoms with van der Waals surface area (Å²) < 4.78 is 1.94. The molecule has 0 amide bonds. The summed E-state index contributed by atoms with van der Waals surface area (Å²) in [5.41, 5.74) is 3.46. The fraction of sp³-hybridized carbons (Fsp3) is 0.167. The molecule has 0 atom stereocenters. The first-order valence-electron chi connectivity index (χ1n) is 5.11. The second-order valence-electron chi connectivity index (χ2n) is 3.90. The zero-order chi connectivity index (χ0) is 12.4. The molecule has 4 nitrogen and oxygen atoms in total. The first-order valence-corrected chi connectivity index (χ1v) is 5.54. The van der Waals surface area contributed by atoms with Gasteiger partial charge < -0.3 is 4.57 Å². The van der Waals surface area contributed by atoms with Crippen molar-refractivity contribution in [2.75, 3.05) is 0 Å². The molecule has 0 saturated carbocycles. The van der Waals surface area contributed by atoms with Crippen molar-refractivity contribution < 1.29 is 4.92 Å². The Bertz CT molecular complexity index is 602. The molecule has 88 valence electrons. The van der Waals surface area contributed by atoms with Gasteiger partial charge in [-0.1, -0.05) is 11.6 Å². The van der Waals surface area contributed by atoms with E-state index in [9.17, 15) is 10.1 Å². The minimum absolute atomic E-state index is 0.102. The van der Waals surface area contributed by atoms with Gasteiger partial charge in [-0.2, -0.15) is 0 Å². The van der Waals surface area contributed by atoms with E-state index in [4.69, 9.17) is 11.6 Å². The molecule has 1 aromatic heterocycles. The molecule has 0 N–H and O–H groups in total. The molecule has 5 heteroatoms. The number of hydrogen-bond acceptors (Lipinski definition) is 2. The third-order valence-corrected chi connectivity index (χ3v) is 2.95. The van der Waals surface area contributed by atoms with Crippen LogP contribution in [-0.2, 0) is 6.54 Å². The van der Waals surface area contributed by atoms with Crippen LogP contribution in [0.3, 0.4) is 0 Å². The van der Waals surface area contributed by atoms with Crippen molar-refractivity contribution in [2.24, 2.45) is 0 Å². The van der Waals surface area contributed by atoms with Crippen LogP contribution >= 0.6 is 11.6 Å². The molecule has 0 saturated heterocycles. The Morgan fingerprint density at radius 1 is 1.53 bits per heavy atom. The maximum Gasteiger partial charge on any atom is 0.271 e. The topological polar surface area (TPSA) is 48.1 Å². The van der Waals surface area contributed by atoms with Crippen molar-refractivity contribution in [3.05, 3.63) is 51.7 Å². The van der Waals surface area contributed by atoms with Crippen LogP contribution in [0.1, 0.15) is 6.92 Å². The minimum Gasteiger partial charge on any atom is -0.343 e. The highest BCUT2D eigenvalue weighted by Gasteiger charge is 2.09. The maximum atomic E-state index is 10.7. The summed E-state index contributed by atoms with van der Waals surface area (Å²) in [6.45, 7) is 2.55. The maximum absolute atomic E-state index is 10.7. The molecular weight excluding hydrogens is 240 g/mol. The number of hydrogen-bond donors (Lipinski definition) is 0. The molecule has 0 aliphatic carbocycles. The Morgan fingerprint density at radius 3 is 2.94 bits per heavy atom. The lowest BCUT2D eigenvalue weighted by Gasteiger charge is -2.04. The van der Waals surface area contributed by atoms with E-state index in [1.807, 2.05) is 23.8 Å². The molecule has 2 rings (SSSR count). The van der Waals surface area contributed by atoms with E-state index < -0.39 is 0 Å². The Kier molecular flexibility index (Phi) is 3.15. The van der Waals surface area contributed by atoms with Gasteiger partial charge in [0.2, 0.25) is 0 Å².